The Labute approximate surface area is 55.9 Å². The van der Waals surface area contributed by atoms with E-state index in [-0.39, 0.29) is 0 Å². The van der Waals surface area contributed by atoms with Gasteiger partial charge in [-0.25, -0.2) is 0 Å². The second-order valence-electron chi connectivity index (χ2n) is 1.41. The fourth-order valence-electron chi connectivity index (χ4n) is 0.507. The van der Waals surface area contributed by atoms with E-state index in [2.05, 4.69) is 10.7 Å². The van der Waals surface area contributed by atoms with Crippen LogP contribution < -0.4 is 0 Å². The molecule has 0 unspecified atom stereocenters. The van der Waals surface area contributed by atoms with Gasteiger partial charge in [0.15, 0.2) is 0 Å². The number of hydrogen-bond donors (Lipinski definition) is 0. The van der Waals surface area contributed by atoms with Crippen LogP contribution >= 0.6 is 0 Å². The van der Waals surface area contributed by atoms with Crippen molar-refractivity contribution >= 4 is 35.3 Å². The summed E-state index contributed by atoms with van der Waals surface area (Å²) >= 11 is -3.90. The van der Waals surface area contributed by atoms with Crippen molar-refractivity contribution in [3.8, 4) is 0 Å². The molecule has 2 fully saturated rings. The first kappa shape index (κ1) is 5.26. The molecule has 0 aliphatic carbocycles. The maximum absolute atomic E-state index is 9.95. The predicted molar refractivity (Wildman–Crippen MR) is 20.9 cm³/mol. The summed E-state index contributed by atoms with van der Waals surface area (Å²) in [5.41, 5.74) is 0. The van der Waals surface area contributed by atoms with Crippen LogP contribution in [-0.2, 0) is 10.7 Å². The molecule has 1 spiro atoms. The second-order valence-corrected chi connectivity index (χ2v) is 8.47. The maximum atomic E-state index is 9.95. The van der Waals surface area contributed by atoms with Crippen molar-refractivity contribution in [3.63, 3.8) is 0 Å². The van der Waals surface area contributed by atoms with Crippen LogP contribution in [0.3, 0.4) is 0 Å². The number of carbonyl (C=O) groups is 2. The molecule has 9 heavy (non-hydrogen) atoms. The standard InChI is InChI=1S/2CH2O3.Pb/c2*2-1(3)4;/h2*(H2,2,3,4);/q;;+4/p-4. The van der Waals surface area contributed by atoms with Gasteiger partial charge in [0.25, 0.3) is 0 Å². The molecular weight excluding hydrogens is 327 g/mol. The molecule has 0 amide bonds. The topological polar surface area (TPSA) is 71.1 Å². The van der Waals surface area contributed by atoms with Crippen molar-refractivity contribution in [2.24, 2.45) is 0 Å². The van der Waals surface area contributed by atoms with Crippen molar-refractivity contribution in [3.05, 3.63) is 0 Å². The molecule has 0 atom stereocenters. The molecule has 48 valence electrons. The molecule has 6 nitrogen and oxygen atoms in total. The van der Waals surface area contributed by atoms with E-state index >= 15 is 0 Å². The molecule has 0 N–H and O–H groups in total. The normalized spacial score (nSPS) is 26.2. The predicted octanol–water partition coefficient (Wildman–Crippen LogP) is -0.244. The van der Waals surface area contributed by atoms with E-state index < -0.39 is 35.3 Å². The van der Waals surface area contributed by atoms with Gasteiger partial charge in [-0.1, -0.05) is 0 Å². The Kier molecular flexibility index (Phi) is 0.762. The Morgan fingerprint density at radius 1 is 0.889 bits per heavy atom. The monoisotopic (exact) mass is 328 g/mol. The van der Waals surface area contributed by atoms with Gasteiger partial charge >= 0.3 is 55.6 Å². The van der Waals surface area contributed by atoms with Crippen LogP contribution in [-0.4, -0.2) is 35.3 Å². The molecule has 2 aliphatic heterocycles. The SMILES string of the molecule is O=C1[O][Pb]2([O]1)[O]C(=O)[O]2. The van der Waals surface area contributed by atoms with E-state index in [0.29, 0.717) is 0 Å². The summed E-state index contributed by atoms with van der Waals surface area (Å²) in [6.45, 7) is 0. The Morgan fingerprint density at radius 2 is 1.22 bits per heavy atom. The Morgan fingerprint density at radius 3 is 1.44 bits per heavy atom. The minimum atomic E-state index is -3.90. The number of hydrogen-bond acceptors (Lipinski definition) is 6. The molecule has 0 radical (unpaired) electrons. The number of rotatable bonds is 0. The van der Waals surface area contributed by atoms with Crippen molar-refractivity contribution < 1.29 is 20.3 Å². The van der Waals surface area contributed by atoms with E-state index in [1.54, 1.807) is 0 Å². The average molecular weight is 327 g/mol. The van der Waals surface area contributed by atoms with Crippen LogP contribution in [0.25, 0.3) is 0 Å². The Balaban J connectivity index is 2.01. The van der Waals surface area contributed by atoms with Gasteiger partial charge < -0.3 is 0 Å². The second kappa shape index (κ2) is 1.30. The molecule has 7 heteroatoms. The van der Waals surface area contributed by atoms with Crippen LogP contribution in [0.2, 0.25) is 0 Å². The first-order chi connectivity index (χ1) is 4.20. The van der Waals surface area contributed by atoms with Gasteiger partial charge in [-0.3, -0.25) is 0 Å². The molecule has 2 heterocycles. The van der Waals surface area contributed by atoms with Crippen molar-refractivity contribution in [2.75, 3.05) is 0 Å². The van der Waals surface area contributed by atoms with Gasteiger partial charge in [0.1, 0.15) is 0 Å². The first-order valence-electron chi connectivity index (χ1n) is 2.04. The fourth-order valence-corrected chi connectivity index (χ4v) is 4.45. The van der Waals surface area contributed by atoms with E-state index in [9.17, 15) is 9.59 Å². The third-order valence-corrected chi connectivity index (χ3v) is 7.31. The van der Waals surface area contributed by atoms with E-state index in [1.807, 2.05) is 0 Å². The summed E-state index contributed by atoms with van der Waals surface area (Å²) in [6, 6.07) is 0. The third-order valence-electron chi connectivity index (χ3n) is 0.833. The molecule has 2 saturated heterocycles. The van der Waals surface area contributed by atoms with Crippen molar-refractivity contribution in [1.29, 1.82) is 0 Å². The molecule has 0 bridgehead atoms. The van der Waals surface area contributed by atoms with Crippen LogP contribution in [0, 0.1) is 0 Å². The fraction of sp³-hybridized carbons (Fsp3) is 0. The van der Waals surface area contributed by atoms with E-state index in [0.717, 1.165) is 0 Å². The van der Waals surface area contributed by atoms with Crippen LogP contribution in [0.4, 0.5) is 9.59 Å². The van der Waals surface area contributed by atoms with Gasteiger partial charge in [0.2, 0.25) is 0 Å². The Hall–Kier alpha value is -0.538. The summed E-state index contributed by atoms with van der Waals surface area (Å²) < 4.78 is 17.3. The van der Waals surface area contributed by atoms with Crippen molar-refractivity contribution in [1.82, 2.24) is 0 Å². The molecule has 0 saturated carbocycles. The van der Waals surface area contributed by atoms with Gasteiger partial charge in [0.05, 0.1) is 0 Å². The molecule has 2 rings (SSSR count). The minimum absolute atomic E-state index is 0.816. The zero-order chi connectivity index (χ0) is 6.48. The molecule has 0 aromatic rings. The summed E-state index contributed by atoms with van der Waals surface area (Å²) in [6.07, 6.45) is -1.63. The number of carbonyl (C=O) groups excluding carboxylic acids is 2. The molecule has 0 aromatic heterocycles. The van der Waals surface area contributed by atoms with E-state index in [4.69, 9.17) is 0 Å². The molecular formula is C2O6Pb. The Bertz CT molecular complexity index is 156. The summed E-state index contributed by atoms with van der Waals surface area (Å²) in [5.74, 6) is 0. The van der Waals surface area contributed by atoms with E-state index in [1.165, 1.54) is 0 Å². The molecule has 0 aromatic carbocycles. The van der Waals surface area contributed by atoms with Crippen LogP contribution in [0.1, 0.15) is 0 Å². The van der Waals surface area contributed by atoms with Crippen LogP contribution in [0.5, 0.6) is 0 Å². The summed E-state index contributed by atoms with van der Waals surface area (Å²) in [4.78, 5) is 19.9. The van der Waals surface area contributed by atoms with Gasteiger partial charge in [-0.05, 0) is 0 Å². The first-order valence-corrected chi connectivity index (χ1v) is 8.39. The summed E-state index contributed by atoms with van der Waals surface area (Å²) in [7, 11) is 0. The zero-order valence-electron chi connectivity index (χ0n) is 3.95. The molecule has 2 aliphatic rings. The summed E-state index contributed by atoms with van der Waals surface area (Å²) in [5, 5.41) is 0. The quantitative estimate of drug-likeness (QED) is 0.572. The van der Waals surface area contributed by atoms with Gasteiger partial charge in [-0.15, -0.1) is 0 Å². The van der Waals surface area contributed by atoms with Crippen LogP contribution in [0.15, 0.2) is 0 Å². The van der Waals surface area contributed by atoms with Gasteiger partial charge in [0, 0.05) is 0 Å². The van der Waals surface area contributed by atoms with Gasteiger partial charge in [-0.2, -0.15) is 0 Å². The zero-order valence-corrected chi connectivity index (χ0v) is 7.84. The average Bonchev–Trinajstić information content (AvgIpc) is 1.58. The third kappa shape index (κ3) is 0.588. The van der Waals surface area contributed by atoms with Crippen molar-refractivity contribution in [2.45, 2.75) is 0 Å².